The fourth-order valence-corrected chi connectivity index (χ4v) is 0.214. The summed E-state index contributed by atoms with van der Waals surface area (Å²) in [5.41, 5.74) is 4.81. The van der Waals surface area contributed by atoms with Crippen LogP contribution >= 0.6 is 0 Å². The Labute approximate surface area is 53.6 Å². The highest BCUT2D eigenvalue weighted by Gasteiger charge is 1.83. The lowest BCUT2D eigenvalue weighted by Crippen LogP contribution is -2.01. The smallest absolute Gasteiger partial charge is 0.158 e. The second-order valence-corrected chi connectivity index (χ2v) is 1.64. The van der Waals surface area contributed by atoms with Crippen molar-refractivity contribution in [2.75, 3.05) is 14.1 Å². The van der Waals surface area contributed by atoms with Crippen molar-refractivity contribution >= 4 is 6.21 Å². The maximum atomic E-state index is 12.1. The molecule has 0 aromatic rings. The summed E-state index contributed by atoms with van der Waals surface area (Å²) in [6, 6.07) is 0. The van der Waals surface area contributed by atoms with Crippen LogP contribution < -0.4 is 5.73 Å². The van der Waals surface area contributed by atoms with Crippen molar-refractivity contribution in [1.82, 2.24) is 5.01 Å². The Balaban J connectivity index is 3.71. The number of hydrogen-bond donors (Lipinski definition) is 1. The van der Waals surface area contributed by atoms with Crippen molar-refractivity contribution in [3.8, 4) is 0 Å². The Morgan fingerprint density at radius 2 is 2.22 bits per heavy atom. The summed E-state index contributed by atoms with van der Waals surface area (Å²) in [7, 11) is 3.39. The molecule has 3 nitrogen and oxygen atoms in total. The van der Waals surface area contributed by atoms with Crippen LogP contribution in [0, 0.1) is 0 Å². The molecule has 0 amide bonds. The van der Waals surface area contributed by atoms with Crippen LogP contribution in [0.2, 0.25) is 0 Å². The first-order valence-electron chi connectivity index (χ1n) is 2.45. The largest absolute Gasteiger partial charge is 0.402 e. The van der Waals surface area contributed by atoms with E-state index in [4.69, 9.17) is 5.73 Å². The van der Waals surface area contributed by atoms with E-state index >= 15 is 0 Å². The van der Waals surface area contributed by atoms with Gasteiger partial charge >= 0.3 is 0 Å². The first-order valence-corrected chi connectivity index (χ1v) is 2.45. The first-order chi connectivity index (χ1) is 4.16. The van der Waals surface area contributed by atoms with Gasteiger partial charge < -0.3 is 10.7 Å². The summed E-state index contributed by atoms with van der Waals surface area (Å²) < 4.78 is 12.1. The minimum absolute atomic E-state index is 0.538. The lowest BCUT2D eigenvalue weighted by Gasteiger charge is -2.00. The van der Waals surface area contributed by atoms with E-state index in [1.807, 2.05) is 0 Å². The van der Waals surface area contributed by atoms with Crippen molar-refractivity contribution < 1.29 is 4.39 Å². The predicted molar refractivity (Wildman–Crippen MR) is 35.6 cm³/mol. The standard InChI is InChI=1S/C5H10FN3/c1-9(2)8-4-5(6)3-7/h3-4H,7H2,1-2H3. The maximum Gasteiger partial charge on any atom is 0.158 e. The summed E-state index contributed by atoms with van der Waals surface area (Å²) in [4.78, 5) is 0. The average molecular weight is 131 g/mol. The van der Waals surface area contributed by atoms with Crippen LogP contribution in [0.3, 0.4) is 0 Å². The molecule has 0 aliphatic rings. The molecule has 4 heteroatoms. The van der Waals surface area contributed by atoms with Gasteiger partial charge in [-0.25, -0.2) is 4.39 Å². The SMILES string of the molecule is CN(C)N=CC(F)=CN. The molecular weight excluding hydrogens is 121 g/mol. The third-order valence-electron chi connectivity index (χ3n) is 0.571. The Bertz CT molecular complexity index is 128. The summed E-state index contributed by atoms with van der Waals surface area (Å²) in [6.45, 7) is 0. The molecule has 9 heavy (non-hydrogen) atoms. The highest BCUT2D eigenvalue weighted by Crippen LogP contribution is 1.87. The monoisotopic (exact) mass is 131 g/mol. The topological polar surface area (TPSA) is 41.6 Å². The molecule has 0 saturated carbocycles. The van der Waals surface area contributed by atoms with Crippen LogP contribution in [-0.2, 0) is 0 Å². The highest BCUT2D eigenvalue weighted by molar-refractivity contribution is 5.74. The van der Waals surface area contributed by atoms with Gasteiger partial charge in [0.05, 0.1) is 6.21 Å². The average Bonchev–Trinajstić information content (AvgIpc) is 1.83. The zero-order valence-corrected chi connectivity index (χ0v) is 5.50. The van der Waals surface area contributed by atoms with Crippen molar-refractivity contribution in [1.29, 1.82) is 0 Å². The Hall–Kier alpha value is -1.06. The van der Waals surface area contributed by atoms with Crippen molar-refractivity contribution in [2.24, 2.45) is 10.8 Å². The van der Waals surface area contributed by atoms with E-state index < -0.39 is 5.83 Å². The predicted octanol–water partition coefficient (Wildman–Crippen LogP) is 0.303. The van der Waals surface area contributed by atoms with E-state index in [9.17, 15) is 4.39 Å². The fraction of sp³-hybridized carbons (Fsp3) is 0.400. The second kappa shape index (κ2) is 3.88. The number of hydrazone groups is 1. The van der Waals surface area contributed by atoms with Crippen molar-refractivity contribution in [3.05, 3.63) is 12.0 Å². The highest BCUT2D eigenvalue weighted by atomic mass is 19.1. The number of allylic oxidation sites excluding steroid dienone is 1. The van der Waals surface area contributed by atoms with Gasteiger partial charge in [0.25, 0.3) is 0 Å². The number of hydrogen-bond acceptors (Lipinski definition) is 3. The molecular formula is C5H10FN3. The van der Waals surface area contributed by atoms with Gasteiger partial charge in [-0.3, -0.25) is 0 Å². The molecule has 0 atom stereocenters. The van der Waals surface area contributed by atoms with Crippen LogP contribution in [0.1, 0.15) is 0 Å². The number of nitrogens with two attached hydrogens (primary N) is 1. The van der Waals surface area contributed by atoms with Crippen LogP contribution in [0.5, 0.6) is 0 Å². The molecule has 0 aliphatic carbocycles. The Kier molecular flexibility index (Phi) is 3.43. The van der Waals surface area contributed by atoms with E-state index in [1.54, 1.807) is 14.1 Å². The number of nitrogens with zero attached hydrogens (tertiary/aromatic N) is 2. The molecule has 0 aliphatic heterocycles. The summed E-state index contributed by atoms with van der Waals surface area (Å²) in [5.74, 6) is -0.538. The van der Waals surface area contributed by atoms with Gasteiger partial charge in [-0.2, -0.15) is 5.10 Å². The van der Waals surface area contributed by atoms with Gasteiger partial charge in [0, 0.05) is 20.3 Å². The molecule has 0 unspecified atom stereocenters. The fourth-order valence-electron chi connectivity index (χ4n) is 0.214. The molecule has 0 radical (unpaired) electrons. The molecule has 0 spiro atoms. The summed E-state index contributed by atoms with van der Waals surface area (Å²) in [6.07, 6.45) is 1.90. The Morgan fingerprint density at radius 1 is 1.67 bits per heavy atom. The van der Waals surface area contributed by atoms with E-state index in [2.05, 4.69) is 5.10 Å². The minimum Gasteiger partial charge on any atom is -0.402 e. The normalized spacial score (nSPS) is 12.6. The maximum absolute atomic E-state index is 12.1. The van der Waals surface area contributed by atoms with Crippen LogP contribution in [0.4, 0.5) is 4.39 Å². The van der Waals surface area contributed by atoms with Gasteiger partial charge in [0.1, 0.15) is 0 Å². The molecule has 0 heterocycles. The van der Waals surface area contributed by atoms with Crippen LogP contribution in [0.15, 0.2) is 17.1 Å². The third-order valence-corrected chi connectivity index (χ3v) is 0.571. The van der Waals surface area contributed by atoms with Gasteiger partial charge in [0.2, 0.25) is 0 Å². The van der Waals surface area contributed by atoms with Gasteiger partial charge in [-0.1, -0.05) is 0 Å². The zero-order valence-electron chi connectivity index (χ0n) is 5.50. The van der Waals surface area contributed by atoms with E-state index in [0.29, 0.717) is 0 Å². The van der Waals surface area contributed by atoms with E-state index in [0.717, 1.165) is 12.4 Å². The molecule has 52 valence electrons. The number of rotatable bonds is 2. The molecule has 0 aromatic carbocycles. The Morgan fingerprint density at radius 3 is 2.56 bits per heavy atom. The van der Waals surface area contributed by atoms with Gasteiger partial charge in [0.15, 0.2) is 5.83 Å². The van der Waals surface area contributed by atoms with Crippen LogP contribution in [0.25, 0.3) is 0 Å². The first kappa shape index (κ1) is 7.94. The molecule has 0 bridgehead atoms. The molecule has 2 N–H and O–H groups in total. The lowest BCUT2D eigenvalue weighted by atomic mass is 10.6. The molecule has 0 rings (SSSR count). The molecule has 0 saturated heterocycles. The van der Waals surface area contributed by atoms with Gasteiger partial charge in [-0.05, 0) is 0 Å². The zero-order chi connectivity index (χ0) is 7.28. The molecule has 0 aromatic heterocycles. The van der Waals surface area contributed by atoms with Gasteiger partial charge in [-0.15, -0.1) is 0 Å². The second-order valence-electron chi connectivity index (χ2n) is 1.64. The van der Waals surface area contributed by atoms with Crippen molar-refractivity contribution in [3.63, 3.8) is 0 Å². The quantitative estimate of drug-likeness (QED) is 0.432. The number of halogens is 1. The van der Waals surface area contributed by atoms with Crippen LogP contribution in [-0.4, -0.2) is 25.3 Å². The minimum atomic E-state index is -0.538. The lowest BCUT2D eigenvalue weighted by molar-refractivity contribution is 0.438. The summed E-state index contributed by atoms with van der Waals surface area (Å²) >= 11 is 0. The summed E-state index contributed by atoms with van der Waals surface area (Å²) in [5, 5.41) is 5.06. The van der Waals surface area contributed by atoms with E-state index in [-0.39, 0.29) is 0 Å². The third kappa shape index (κ3) is 4.80. The van der Waals surface area contributed by atoms with Crippen molar-refractivity contribution in [2.45, 2.75) is 0 Å². The molecule has 0 fully saturated rings. The van der Waals surface area contributed by atoms with E-state index in [1.165, 1.54) is 5.01 Å².